The lowest BCUT2D eigenvalue weighted by molar-refractivity contribution is -0.113. The number of hydrogen-bond acceptors (Lipinski definition) is 5. The van der Waals surface area contributed by atoms with Crippen LogP contribution in [-0.2, 0) is 4.79 Å². The number of carbonyl (C=O) groups is 1. The maximum atomic E-state index is 12.6. The maximum Gasteiger partial charge on any atom is 0.234 e. The van der Waals surface area contributed by atoms with Crippen molar-refractivity contribution in [2.24, 2.45) is 0 Å². The molecule has 1 amide bonds. The number of nitrogens with one attached hydrogen (secondary N) is 1. The Hall–Kier alpha value is -2.87. The summed E-state index contributed by atoms with van der Waals surface area (Å²) in [5.74, 6) is 0.651. The molecule has 6 nitrogen and oxygen atoms in total. The summed E-state index contributed by atoms with van der Waals surface area (Å²) < 4.78 is 1.90. The van der Waals surface area contributed by atoms with E-state index in [2.05, 4.69) is 20.5 Å². The van der Waals surface area contributed by atoms with E-state index >= 15 is 0 Å². The van der Waals surface area contributed by atoms with Gasteiger partial charge in [0.1, 0.15) is 0 Å². The van der Waals surface area contributed by atoms with Gasteiger partial charge in [-0.1, -0.05) is 41.0 Å². The Kier molecular flexibility index (Phi) is 6.56. The molecule has 0 bridgehead atoms. The summed E-state index contributed by atoms with van der Waals surface area (Å²) in [5.41, 5.74) is 3.22. The van der Waals surface area contributed by atoms with E-state index in [1.165, 1.54) is 11.8 Å². The summed E-state index contributed by atoms with van der Waals surface area (Å²) in [5, 5.41) is 13.4. The Balaban J connectivity index is 1.59. The molecule has 0 saturated heterocycles. The molecule has 4 rings (SSSR count). The van der Waals surface area contributed by atoms with Crippen LogP contribution in [0.4, 0.5) is 5.69 Å². The Morgan fingerprint density at radius 2 is 1.77 bits per heavy atom. The van der Waals surface area contributed by atoms with Gasteiger partial charge in [0.05, 0.1) is 5.75 Å². The number of pyridine rings is 1. The lowest BCUT2D eigenvalue weighted by Crippen LogP contribution is -2.15. The minimum absolute atomic E-state index is 0.161. The van der Waals surface area contributed by atoms with Gasteiger partial charge in [0, 0.05) is 39.4 Å². The molecule has 0 aliphatic carbocycles. The van der Waals surface area contributed by atoms with Crippen molar-refractivity contribution in [2.75, 3.05) is 11.1 Å². The van der Waals surface area contributed by atoms with E-state index in [0.29, 0.717) is 26.7 Å². The molecule has 1 N–H and O–H groups in total. The van der Waals surface area contributed by atoms with Crippen LogP contribution in [0.1, 0.15) is 5.56 Å². The lowest BCUT2D eigenvalue weighted by Gasteiger charge is -2.11. The van der Waals surface area contributed by atoms with Crippen molar-refractivity contribution >= 4 is 46.6 Å². The number of rotatable bonds is 6. The van der Waals surface area contributed by atoms with E-state index in [9.17, 15) is 4.79 Å². The minimum Gasteiger partial charge on any atom is -0.325 e. The number of thioether (sulfide) groups is 1. The molecule has 0 saturated carbocycles. The second-order valence-corrected chi connectivity index (χ2v) is 8.39. The number of carbonyl (C=O) groups excluding carboxylic acids is 1. The predicted molar refractivity (Wildman–Crippen MR) is 125 cm³/mol. The first-order valence-corrected chi connectivity index (χ1v) is 11.1. The van der Waals surface area contributed by atoms with Crippen molar-refractivity contribution < 1.29 is 4.79 Å². The molecule has 0 aliphatic heterocycles. The highest BCUT2D eigenvalue weighted by atomic mass is 35.5. The van der Waals surface area contributed by atoms with Gasteiger partial charge in [-0.2, -0.15) is 0 Å². The van der Waals surface area contributed by atoms with Gasteiger partial charge in [0.15, 0.2) is 11.0 Å². The van der Waals surface area contributed by atoms with Crippen LogP contribution < -0.4 is 5.32 Å². The SMILES string of the molecule is Cc1c(Cl)cccc1NC(=O)CSc1nnc(-c2ccncc2)n1-c1ccc(Cl)cc1. The summed E-state index contributed by atoms with van der Waals surface area (Å²) >= 11 is 13.5. The summed E-state index contributed by atoms with van der Waals surface area (Å²) in [4.78, 5) is 16.6. The highest BCUT2D eigenvalue weighted by molar-refractivity contribution is 7.99. The second-order valence-electron chi connectivity index (χ2n) is 6.60. The van der Waals surface area contributed by atoms with E-state index in [4.69, 9.17) is 23.2 Å². The second kappa shape index (κ2) is 9.51. The Labute approximate surface area is 193 Å². The Morgan fingerprint density at radius 3 is 2.52 bits per heavy atom. The Morgan fingerprint density at radius 1 is 1.03 bits per heavy atom. The number of halogens is 2. The van der Waals surface area contributed by atoms with Gasteiger partial charge < -0.3 is 5.32 Å². The third kappa shape index (κ3) is 4.90. The predicted octanol–water partition coefficient (Wildman–Crippen LogP) is 5.68. The maximum absolute atomic E-state index is 12.6. The molecule has 2 aromatic carbocycles. The van der Waals surface area contributed by atoms with Gasteiger partial charge in [0.25, 0.3) is 0 Å². The fourth-order valence-electron chi connectivity index (χ4n) is 2.93. The number of benzene rings is 2. The first kappa shape index (κ1) is 21.4. The first-order chi connectivity index (χ1) is 15.0. The largest absolute Gasteiger partial charge is 0.325 e. The van der Waals surface area contributed by atoms with E-state index in [1.807, 2.05) is 41.8 Å². The van der Waals surface area contributed by atoms with Gasteiger partial charge in [0.2, 0.25) is 5.91 Å². The molecule has 0 unspecified atom stereocenters. The number of hydrogen-bond donors (Lipinski definition) is 1. The van der Waals surface area contributed by atoms with E-state index < -0.39 is 0 Å². The molecular formula is C22H17Cl2N5OS. The lowest BCUT2D eigenvalue weighted by atomic mass is 10.2. The number of amides is 1. The van der Waals surface area contributed by atoms with Gasteiger partial charge in [-0.05, 0) is 61.0 Å². The van der Waals surface area contributed by atoms with Gasteiger partial charge in [-0.3, -0.25) is 14.3 Å². The minimum atomic E-state index is -0.161. The normalized spacial score (nSPS) is 10.8. The average Bonchev–Trinajstić information content (AvgIpc) is 3.21. The molecular weight excluding hydrogens is 453 g/mol. The molecule has 31 heavy (non-hydrogen) atoms. The summed E-state index contributed by atoms with van der Waals surface area (Å²) in [6.45, 7) is 1.86. The number of anilines is 1. The zero-order valence-electron chi connectivity index (χ0n) is 16.4. The van der Waals surface area contributed by atoms with E-state index in [0.717, 1.165) is 16.8 Å². The molecule has 2 heterocycles. The number of aromatic nitrogens is 4. The van der Waals surface area contributed by atoms with E-state index in [-0.39, 0.29) is 11.7 Å². The zero-order chi connectivity index (χ0) is 21.8. The van der Waals surface area contributed by atoms with Gasteiger partial charge in [-0.15, -0.1) is 10.2 Å². The van der Waals surface area contributed by atoms with Crippen molar-refractivity contribution in [3.8, 4) is 17.1 Å². The van der Waals surface area contributed by atoms with Crippen LogP contribution in [-0.4, -0.2) is 31.4 Å². The highest BCUT2D eigenvalue weighted by Crippen LogP contribution is 2.29. The molecule has 4 aromatic rings. The molecule has 0 spiro atoms. The highest BCUT2D eigenvalue weighted by Gasteiger charge is 2.17. The topological polar surface area (TPSA) is 72.7 Å². The van der Waals surface area contributed by atoms with Gasteiger partial charge >= 0.3 is 0 Å². The van der Waals surface area contributed by atoms with Crippen LogP contribution >= 0.6 is 35.0 Å². The standard InChI is InChI=1S/C22H17Cl2N5OS/c1-14-18(24)3-2-4-19(14)26-20(30)13-31-22-28-27-21(15-9-11-25-12-10-15)29(22)17-7-5-16(23)6-8-17/h2-12H,13H2,1H3,(H,26,30). The zero-order valence-corrected chi connectivity index (χ0v) is 18.7. The van der Waals surface area contributed by atoms with Crippen LogP contribution in [0, 0.1) is 6.92 Å². The van der Waals surface area contributed by atoms with Crippen LogP contribution in [0.15, 0.2) is 72.1 Å². The van der Waals surface area contributed by atoms with Crippen LogP contribution in [0.5, 0.6) is 0 Å². The third-order valence-electron chi connectivity index (χ3n) is 4.53. The van der Waals surface area contributed by atoms with Crippen LogP contribution in [0.2, 0.25) is 10.0 Å². The quantitative estimate of drug-likeness (QED) is 0.368. The Bertz CT molecular complexity index is 1210. The first-order valence-electron chi connectivity index (χ1n) is 9.32. The van der Waals surface area contributed by atoms with E-state index in [1.54, 1.807) is 36.7 Å². The summed E-state index contributed by atoms with van der Waals surface area (Å²) in [6, 6.07) is 16.5. The molecule has 0 fully saturated rings. The average molecular weight is 470 g/mol. The fourth-order valence-corrected chi connectivity index (χ4v) is 3.99. The third-order valence-corrected chi connectivity index (χ3v) is 6.12. The molecule has 9 heteroatoms. The van der Waals surface area contributed by atoms with Crippen molar-refractivity contribution in [3.05, 3.63) is 82.6 Å². The molecule has 0 atom stereocenters. The number of nitrogens with zero attached hydrogens (tertiary/aromatic N) is 4. The fraction of sp³-hybridized carbons (Fsp3) is 0.0909. The van der Waals surface area contributed by atoms with Gasteiger partial charge in [-0.25, -0.2) is 0 Å². The summed E-state index contributed by atoms with van der Waals surface area (Å²) in [6.07, 6.45) is 3.40. The van der Waals surface area contributed by atoms with Crippen molar-refractivity contribution in [3.63, 3.8) is 0 Å². The van der Waals surface area contributed by atoms with Crippen molar-refractivity contribution in [1.29, 1.82) is 0 Å². The monoisotopic (exact) mass is 469 g/mol. The smallest absolute Gasteiger partial charge is 0.234 e. The van der Waals surface area contributed by atoms with Crippen LogP contribution in [0.3, 0.4) is 0 Å². The van der Waals surface area contributed by atoms with Crippen LogP contribution in [0.25, 0.3) is 17.1 Å². The molecule has 156 valence electrons. The molecule has 2 aromatic heterocycles. The molecule has 0 aliphatic rings. The van der Waals surface area contributed by atoms with Crippen molar-refractivity contribution in [2.45, 2.75) is 12.1 Å². The molecule has 0 radical (unpaired) electrons. The summed E-state index contributed by atoms with van der Waals surface area (Å²) in [7, 11) is 0. The van der Waals surface area contributed by atoms with Crippen molar-refractivity contribution in [1.82, 2.24) is 19.7 Å².